The van der Waals surface area contributed by atoms with Crippen molar-refractivity contribution >= 4 is 0 Å². The van der Waals surface area contributed by atoms with E-state index in [2.05, 4.69) is 62.0 Å². The fourth-order valence-corrected chi connectivity index (χ4v) is 2.38. The minimum atomic E-state index is 0.158. The van der Waals surface area contributed by atoms with Crippen LogP contribution in [0.25, 0.3) is 0 Å². The number of hydrogen-bond donors (Lipinski definition) is 1. The van der Waals surface area contributed by atoms with Crippen molar-refractivity contribution in [3.8, 4) is 0 Å². The van der Waals surface area contributed by atoms with E-state index >= 15 is 0 Å². The summed E-state index contributed by atoms with van der Waals surface area (Å²) in [4.78, 5) is 0. The zero-order valence-electron chi connectivity index (χ0n) is 11.5. The normalized spacial score (nSPS) is 12.7. The predicted octanol–water partition coefficient (Wildman–Crippen LogP) is 3.56. The Bertz CT molecular complexity index is 505. The highest BCUT2D eigenvalue weighted by Crippen LogP contribution is 2.16. The van der Waals surface area contributed by atoms with Crippen molar-refractivity contribution in [1.29, 1.82) is 0 Å². The SMILES string of the molecule is CCC(N)c1ccn(Cc2cc(C)cc(C)c2)c1. The van der Waals surface area contributed by atoms with Crippen molar-refractivity contribution in [2.45, 2.75) is 39.8 Å². The van der Waals surface area contributed by atoms with E-state index < -0.39 is 0 Å². The monoisotopic (exact) mass is 242 g/mol. The number of nitrogens with two attached hydrogens (primary N) is 1. The van der Waals surface area contributed by atoms with Crippen LogP contribution in [0, 0.1) is 13.8 Å². The standard InChI is InChI=1S/C16H22N2/c1-4-16(17)15-5-6-18(11-15)10-14-8-12(2)7-13(3)9-14/h5-9,11,16H,4,10,17H2,1-3H3. The van der Waals surface area contributed by atoms with Gasteiger partial charge in [0.05, 0.1) is 0 Å². The van der Waals surface area contributed by atoms with Gasteiger partial charge in [-0.1, -0.05) is 36.2 Å². The molecule has 0 bridgehead atoms. The molecule has 1 heterocycles. The Morgan fingerprint density at radius 1 is 1.17 bits per heavy atom. The molecule has 1 aromatic carbocycles. The summed E-state index contributed by atoms with van der Waals surface area (Å²) in [6.07, 6.45) is 5.25. The number of rotatable bonds is 4. The van der Waals surface area contributed by atoms with E-state index in [1.165, 1.54) is 22.3 Å². The predicted molar refractivity (Wildman–Crippen MR) is 76.7 cm³/mol. The maximum absolute atomic E-state index is 6.04. The molecule has 0 amide bonds. The first-order valence-electron chi connectivity index (χ1n) is 6.57. The van der Waals surface area contributed by atoms with Crippen LogP contribution in [0.1, 0.15) is 41.6 Å². The van der Waals surface area contributed by atoms with Crippen molar-refractivity contribution in [2.24, 2.45) is 5.73 Å². The van der Waals surface area contributed by atoms with Gasteiger partial charge < -0.3 is 10.3 Å². The Kier molecular flexibility index (Phi) is 3.87. The van der Waals surface area contributed by atoms with Gasteiger partial charge >= 0.3 is 0 Å². The minimum Gasteiger partial charge on any atom is -0.350 e. The smallest absolute Gasteiger partial charge is 0.0470 e. The molecule has 0 aliphatic rings. The molecular formula is C16H22N2. The third kappa shape index (κ3) is 3.02. The minimum absolute atomic E-state index is 0.158. The highest BCUT2D eigenvalue weighted by molar-refractivity contribution is 5.29. The molecule has 0 saturated heterocycles. The van der Waals surface area contributed by atoms with Gasteiger partial charge in [0.25, 0.3) is 0 Å². The highest BCUT2D eigenvalue weighted by Gasteiger charge is 2.05. The molecule has 2 aromatic rings. The summed E-state index contributed by atoms with van der Waals surface area (Å²) >= 11 is 0. The van der Waals surface area contributed by atoms with E-state index in [9.17, 15) is 0 Å². The maximum atomic E-state index is 6.04. The van der Waals surface area contributed by atoms with Gasteiger partial charge in [0, 0.05) is 25.0 Å². The Balaban J connectivity index is 2.16. The third-order valence-corrected chi connectivity index (χ3v) is 3.29. The van der Waals surface area contributed by atoms with Crippen LogP contribution in [-0.4, -0.2) is 4.57 Å². The molecule has 2 N–H and O–H groups in total. The van der Waals surface area contributed by atoms with Crippen LogP contribution in [0.3, 0.4) is 0 Å². The van der Waals surface area contributed by atoms with Gasteiger partial charge in [-0.25, -0.2) is 0 Å². The van der Waals surface area contributed by atoms with Crippen LogP contribution < -0.4 is 5.73 Å². The van der Waals surface area contributed by atoms with Crippen LogP contribution in [0.5, 0.6) is 0 Å². The van der Waals surface area contributed by atoms with Crippen LogP contribution in [-0.2, 0) is 6.54 Å². The topological polar surface area (TPSA) is 30.9 Å². The molecule has 2 nitrogen and oxygen atoms in total. The zero-order chi connectivity index (χ0) is 13.1. The van der Waals surface area contributed by atoms with Gasteiger partial charge in [-0.15, -0.1) is 0 Å². The number of nitrogens with zero attached hydrogens (tertiary/aromatic N) is 1. The first-order valence-corrected chi connectivity index (χ1v) is 6.57. The number of benzene rings is 1. The second-order valence-electron chi connectivity index (χ2n) is 5.13. The van der Waals surface area contributed by atoms with Gasteiger partial charge in [0.15, 0.2) is 0 Å². The van der Waals surface area contributed by atoms with E-state index in [0.717, 1.165) is 13.0 Å². The molecule has 0 spiro atoms. The summed E-state index contributed by atoms with van der Waals surface area (Å²) in [5.74, 6) is 0. The molecule has 0 aliphatic carbocycles. The van der Waals surface area contributed by atoms with Crippen molar-refractivity contribution in [1.82, 2.24) is 4.57 Å². The van der Waals surface area contributed by atoms with E-state index in [-0.39, 0.29) is 6.04 Å². The third-order valence-electron chi connectivity index (χ3n) is 3.29. The summed E-state index contributed by atoms with van der Waals surface area (Å²) in [5.41, 5.74) is 11.3. The fraction of sp³-hybridized carbons (Fsp3) is 0.375. The molecule has 1 atom stereocenters. The van der Waals surface area contributed by atoms with E-state index in [1.54, 1.807) is 0 Å². The molecule has 18 heavy (non-hydrogen) atoms. The number of aromatic nitrogens is 1. The molecule has 2 heteroatoms. The first kappa shape index (κ1) is 12.9. The maximum Gasteiger partial charge on any atom is 0.0470 e. The van der Waals surface area contributed by atoms with Crippen molar-refractivity contribution in [3.63, 3.8) is 0 Å². The van der Waals surface area contributed by atoms with Crippen LogP contribution in [0.15, 0.2) is 36.7 Å². The van der Waals surface area contributed by atoms with Crippen LogP contribution in [0.4, 0.5) is 0 Å². The van der Waals surface area contributed by atoms with Crippen molar-refractivity contribution in [3.05, 3.63) is 58.9 Å². The molecule has 0 fully saturated rings. The van der Waals surface area contributed by atoms with E-state index in [0.29, 0.717) is 0 Å². The van der Waals surface area contributed by atoms with Gasteiger partial charge in [-0.05, 0) is 37.5 Å². The Hall–Kier alpha value is -1.54. The van der Waals surface area contributed by atoms with E-state index in [1.807, 2.05) is 0 Å². The Labute approximate surface area is 109 Å². The lowest BCUT2D eigenvalue weighted by Gasteiger charge is -2.07. The number of hydrogen-bond acceptors (Lipinski definition) is 1. The Morgan fingerprint density at radius 2 is 1.83 bits per heavy atom. The summed E-state index contributed by atoms with van der Waals surface area (Å²) in [6, 6.07) is 8.97. The Morgan fingerprint density at radius 3 is 2.44 bits per heavy atom. The van der Waals surface area contributed by atoms with Crippen molar-refractivity contribution < 1.29 is 0 Å². The van der Waals surface area contributed by atoms with Gasteiger partial charge in [0.2, 0.25) is 0 Å². The molecule has 1 aromatic heterocycles. The summed E-state index contributed by atoms with van der Waals surface area (Å²) < 4.78 is 2.21. The lowest BCUT2D eigenvalue weighted by Crippen LogP contribution is -2.07. The average molecular weight is 242 g/mol. The largest absolute Gasteiger partial charge is 0.350 e. The molecule has 0 saturated carbocycles. The lowest BCUT2D eigenvalue weighted by molar-refractivity contribution is 0.693. The fourth-order valence-electron chi connectivity index (χ4n) is 2.38. The summed E-state index contributed by atoms with van der Waals surface area (Å²) in [7, 11) is 0. The molecule has 2 rings (SSSR count). The quantitative estimate of drug-likeness (QED) is 0.873. The second-order valence-corrected chi connectivity index (χ2v) is 5.13. The van der Waals surface area contributed by atoms with E-state index in [4.69, 9.17) is 5.73 Å². The number of aryl methyl sites for hydroxylation is 2. The van der Waals surface area contributed by atoms with Gasteiger partial charge in [0.1, 0.15) is 0 Å². The van der Waals surface area contributed by atoms with Crippen LogP contribution in [0.2, 0.25) is 0 Å². The first-order chi connectivity index (χ1) is 8.58. The average Bonchev–Trinajstić information content (AvgIpc) is 2.75. The molecule has 96 valence electrons. The second kappa shape index (κ2) is 5.40. The zero-order valence-corrected chi connectivity index (χ0v) is 11.5. The molecule has 0 radical (unpaired) electrons. The van der Waals surface area contributed by atoms with Gasteiger partial charge in [-0.3, -0.25) is 0 Å². The molecular weight excluding hydrogens is 220 g/mol. The van der Waals surface area contributed by atoms with Crippen molar-refractivity contribution in [2.75, 3.05) is 0 Å². The highest BCUT2D eigenvalue weighted by atomic mass is 14.9. The molecule has 1 unspecified atom stereocenters. The molecule has 0 aliphatic heterocycles. The van der Waals surface area contributed by atoms with Gasteiger partial charge in [-0.2, -0.15) is 0 Å². The summed E-state index contributed by atoms with van der Waals surface area (Å²) in [5, 5.41) is 0. The van der Waals surface area contributed by atoms with Crippen LogP contribution >= 0.6 is 0 Å². The summed E-state index contributed by atoms with van der Waals surface area (Å²) in [6.45, 7) is 7.32. The lowest BCUT2D eigenvalue weighted by atomic mass is 10.1.